The molecule has 4 aromatic heterocycles. The van der Waals surface area contributed by atoms with Crippen molar-refractivity contribution in [2.24, 2.45) is 5.92 Å². The van der Waals surface area contributed by atoms with Gasteiger partial charge in [-0.25, -0.2) is 15.0 Å². The summed E-state index contributed by atoms with van der Waals surface area (Å²) < 4.78 is 14.0. The van der Waals surface area contributed by atoms with Gasteiger partial charge in [-0.15, -0.1) is 10.2 Å². The normalized spacial score (nSPS) is 15.1. The Kier molecular flexibility index (Phi) is 4.67. The Morgan fingerprint density at radius 2 is 1.86 bits per heavy atom. The highest BCUT2D eigenvalue weighted by atomic mass is 16.5. The van der Waals surface area contributed by atoms with Gasteiger partial charge in [0.15, 0.2) is 11.4 Å². The van der Waals surface area contributed by atoms with Crippen LogP contribution in [0.5, 0.6) is 5.75 Å². The van der Waals surface area contributed by atoms with E-state index in [1.807, 2.05) is 29.7 Å². The number of hydrogen-bond acceptors (Lipinski definition) is 7. The van der Waals surface area contributed by atoms with E-state index in [9.17, 15) is 0 Å². The van der Waals surface area contributed by atoms with Crippen LogP contribution in [-0.4, -0.2) is 36.2 Å². The van der Waals surface area contributed by atoms with Crippen LogP contribution >= 0.6 is 0 Å². The van der Waals surface area contributed by atoms with Gasteiger partial charge in [0.2, 0.25) is 5.82 Å². The first kappa shape index (κ1) is 17.8. The van der Waals surface area contributed by atoms with Crippen molar-refractivity contribution in [3.8, 4) is 29.0 Å². The molecule has 29 heavy (non-hydrogen) atoms. The third-order valence-electron chi connectivity index (χ3n) is 5.37. The van der Waals surface area contributed by atoms with Crippen LogP contribution in [0.2, 0.25) is 0 Å². The maximum atomic E-state index is 6.17. The van der Waals surface area contributed by atoms with Crippen LogP contribution in [0, 0.1) is 12.8 Å². The van der Waals surface area contributed by atoms with E-state index in [0.717, 1.165) is 29.4 Å². The minimum atomic E-state index is 0.277. The second-order valence-electron chi connectivity index (χ2n) is 7.41. The second-order valence-corrected chi connectivity index (χ2v) is 7.41. The van der Waals surface area contributed by atoms with Crippen LogP contribution in [0.1, 0.15) is 37.8 Å². The van der Waals surface area contributed by atoms with E-state index >= 15 is 0 Å². The number of aromatic nitrogens is 6. The molecule has 4 aromatic rings. The summed E-state index contributed by atoms with van der Waals surface area (Å²) in [6, 6.07) is 5.65. The smallest absolute Gasteiger partial charge is 0.286 e. The topological polar surface area (TPSA) is 91.2 Å². The second kappa shape index (κ2) is 7.62. The Balaban J connectivity index is 1.46. The molecule has 0 radical (unpaired) electrons. The first-order chi connectivity index (χ1) is 14.3. The first-order valence-electron chi connectivity index (χ1n) is 10.0. The molecule has 0 bridgehead atoms. The van der Waals surface area contributed by atoms with E-state index in [1.54, 1.807) is 18.5 Å². The molecule has 4 heterocycles. The molecule has 0 N–H and O–H groups in total. The van der Waals surface area contributed by atoms with Gasteiger partial charge in [-0.1, -0.05) is 19.3 Å². The molecule has 0 spiro atoms. The summed E-state index contributed by atoms with van der Waals surface area (Å²) in [7, 11) is 0. The molecular weight excluding hydrogens is 368 g/mol. The van der Waals surface area contributed by atoms with Gasteiger partial charge in [0, 0.05) is 18.6 Å². The van der Waals surface area contributed by atoms with Gasteiger partial charge in [0.05, 0.1) is 12.3 Å². The zero-order valence-corrected chi connectivity index (χ0v) is 16.3. The fraction of sp³-hybridized carbons (Fsp3) is 0.381. The quantitative estimate of drug-likeness (QED) is 0.506. The van der Waals surface area contributed by atoms with Crippen LogP contribution in [0.25, 0.3) is 28.9 Å². The van der Waals surface area contributed by atoms with Crippen LogP contribution in [0.15, 0.2) is 41.2 Å². The van der Waals surface area contributed by atoms with Gasteiger partial charge in [-0.05, 0) is 43.9 Å². The maximum Gasteiger partial charge on any atom is 0.286 e. The SMILES string of the molecule is Cc1nc2c(OCC3CCCCC3)cccn2c1-c1nnc(-c2ncccn2)o1. The predicted molar refractivity (Wildman–Crippen MR) is 106 cm³/mol. The molecule has 1 aliphatic rings. The molecule has 1 aliphatic carbocycles. The largest absolute Gasteiger partial charge is 0.489 e. The average molecular weight is 390 g/mol. The number of aryl methyl sites for hydroxylation is 1. The Hall–Kier alpha value is -3.29. The first-order valence-corrected chi connectivity index (χ1v) is 10.0. The average Bonchev–Trinajstić information content (AvgIpc) is 3.37. The zero-order chi connectivity index (χ0) is 19.6. The van der Waals surface area contributed by atoms with Crippen molar-refractivity contribution in [2.75, 3.05) is 6.61 Å². The van der Waals surface area contributed by atoms with E-state index in [4.69, 9.17) is 14.1 Å². The number of ether oxygens (including phenoxy) is 1. The summed E-state index contributed by atoms with van der Waals surface area (Å²) in [5, 5.41) is 8.29. The lowest BCUT2D eigenvalue weighted by Crippen LogP contribution is -2.15. The number of nitrogens with zero attached hydrogens (tertiary/aromatic N) is 6. The van der Waals surface area contributed by atoms with Gasteiger partial charge >= 0.3 is 0 Å². The number of rotatable bonds is 5. The van der Waals surface area contributed by atoms with Crippen molar-refractivity contribution in [3.05, 3.63) is 42.5 Å². The van der Waals surface area contributed by atoms with Crippen LogP contribution < -0.4 is 4.74 Å². The molecule has 0 aromatic carbocycles. The van der Waals surface area contributed by atoms with E-state index in [0.29, 0.717) is 17.6 Å². The van der Waals surface area contributed by atoms with Crippen LogP contribution in [0.3, 0.4) is 0 Å². The summed E-state index contributed by atoms with van der Waals surface area (Å²) in [5.74, 6) is 2.46. The number of imidazole rings is 1. The van der Waals surface area contributed by atoms with Crippen molar-refractivity contribution >= 4 is 5.65 Å². The summed E-state index contributed by atoms with van der Waals surface area (Å²) >= 11 is 0. The van der Waals surface area contributed by atoms with Crippen LogP contribution in [0.4, 0.5) is 0 Å². The third kappa shape index (κ3) is 3.46. The highest BCUT2D eigenvalue weighted by molar-refractivity contribution is 5.65. The minimum Gasteiger partial charge on any atom is -0.489 e. The lowest BCUT2D eigenvalue weighted by molar-refractivity contribution is 0.210. The van der Waals surface area contributed by atoms with Gasteiger partial charge in [-0.2, -0.15) is 0 Å². The molecule has 5 rings (SSSR count). The van der Waals surface area contributed by atoms with Crippen molar-refractivity contribution < 1.29 is 9.15 Å². The number of hydrogen-bond donors (Lipinski definition) is 0. The lowest BCUT2D eigenvalue weighted by atomic mass is 9.90. The van der Waals surface area contributed by atoms with E-state index in [1.165, 1.54) is 32.1 Å². The number of fused-ring (bicyclic) bond motifs is 1. The summed E-state index contributed by atoms with van der Waals surface area (Å²) in [6.45, 7) is 2.66. The molecule has 1 fully saturated rings. The Labute approximate surface area is 168 Å². The molecule has 1 saturated carbocycles. The Morgan fingerprint density at radius 1 is 1.07 bits per heavy atom. The van der Waals surface area contributed by atoms with Gasteiger partial charge in [0.1, 0.15) is 5.69 Å². The van der Waals surface area contributed by atoms with Gasteiger partial charge in [-0.3, -0.25) is 4.40 Å². The molecular formula is C21H22N6O2. The van der Waals surface area contributed by atoms with Gasteiger partial charge in [0.25, 0.3) is 11.8 Å². The van der Waals surface area contributed by atoms with Crippen molar-refractivity contribution in [1.82, 2.24) is 29.5 Å². The third-order valence-corrected chi connectivity index (χ3v) is 5.37. The summed E-state index contributed by atoms with van der Waals surface area (Å²) in [5.41, 5.74) is 2.30. The summed E-state index contributed by atoms with van der Waals surface area (Å²) in [6.07, 6.45) is 11.6. The molecule has 8 heteroatoms. The fourth-order valence-corrected chi connectivity index (χ4v) is 3.91. The molecule has 8 nitrogen and oxygen atoms in total. The maximum absolute atomic E-state index is 6.17. The monoisotopic (exact) mass is 390 g/mol. The van der Waals surface area contributed by atoms with Crippen molar-refractivity contribution in [3.63, 3.8) is 0 Å². The molecule has 0 unspecified atom stereocenters. The number of pyridine rings is 1. The fourth-order valence-electron chi connectivity index (χ4n) is 3.91. The van der Waals surface area contributed by atoms with Crippen molar-refractivity contribution in [1.29, 1.82) is 0 Å². The molecule has 0 amide bonds. The molecule has 148 valence electrons. The highest BCUT2D eigenvalue weighted by Crippen LogP contribution is 2.30. The van der Waals surface area contributed by atoms with E-state index < -0.39 is 0 Å². The lowest BCUT2D eigenvalue weighted by Gasteiger charge is -2.21. The van der Waals surface area contributed by atoms with E-state index in [-0.39, 0.29) is 5.89 Å². The minimum absolute atomic E-state index is 0.277. The molecule has 0 atom stereocenters. The van der Waals surface area contributed by atoms with Crippen molar-refractivity contribution in [2.45, 2.75) is 39.0 Å². The molecule has 0 aliphatic heterocycles. The zero-order valence-electron chi connectivity index (χ0n) is 16.3. The van der Waals surface area contributed by atoms with Crippen LogP contribution in [-0.2, 0) is 0 Å². The Morgan fingerprint density at radius 3 is 2.69 bits per heavy atom. The van der Waals surface area contributed by atoms with E-state index in [2.05, 4.69) is 20.2 Å². The Bertz CT molecular complexity index is 1110. The molecule has 0 saturated heterocycles. The summed E-state index contributed by atoms with van der Waals surface area (Å²) in [4.78, 5) is 13.0. The highest BCUT2D eigenvalue weighted by Gasteiger charge is 2.21. The predicted octanol–water partition coefficient (Wildman–Crippen LogP) is 4.11. The standard InChI is InChI=1S/C21H22N6O2/c1-14-17(20-25-26-21(29-20)18-22-10-6-11-23-18)27-12-5-9-16(19(27)24-14)28-13-15-7-3-2-4-8-15/h5-6,9-12,15H,2-4,7-8,13H2,1H3. The van der Waals surface area contributed by atoms with Gasteiger partial charge < -0.3 is 9.15 Å².